The van der Waals surface area contributed by atoms with Gasteiger partial charge in [-0.3, -0.25) is 14.4 Å². The molecule has 0 aromatic rings. The minimum Gasteiger partial charge on any atom is -0.462 e. The Kier molecular flexibility index (Phi) is 68.2. The molecule has 0 spiro atoms. The normalized spacial score (nSPS) is 12.6. The summed E-state index contributed by atoms with van der Waals surface area (Å²) < 4.78 is 17.0. The van der Waals surface area contributed by atoms with Crippen molar-refractivity contribution in [1.82, 2.24) is 0 Å². The predicted molar refractivity (Wildman–Crippen MR) is 362 cm³/mol. The van der Waals surface area contributed by atoms with Crippen molar-refractivity contribution in [3.05, 3.63) is 85.1 Å². The van der Waals surface area contributed by atoms with Gasteiger partial charge in [-0.25, -0.2) is 0 Å². The van der Waals surface area contributed by atoms with Crippen molar-refractivity contribution in [1.29, 1.82) is 0 Å². The van der Waals surface area contributed by atoms with Gasteiger partial charge in [0.05, 0.1) is 0 Å². The van der Waals surface area contributed by atoms with E-state index in [1.807, 2.05) is 0 Å². The number of unbranched alkanes of at least 4 members (excludes halogenated alkanes) is 41. The lowest BCUT2D eigenvalue weighted by molar-refractivity contribution is -0.167. The van der Waals surface area contributed by atoms with Gasteiger partial charge in [0.2, 0.25) is 0 Å². The van der Waals surface area contributed by atoms with Crippen LogP contribution in [0.15, 0.2) is 85.1 Å². The summed E-state index contributed by atoms with van der Waals surface area (Å²) in [4.78, 5) is 38.5. The standard InChI is InChI=1S/C77H136O6/c1-4-7-10-13-16-19-22-25-28-31-34-36-37-38-39-41-43-46-49-52-55-58-61-64-67-70-76(79)82-73-74(72-81-75(78)69-66-63-60-57-54-51-48-45-42-33-30-27-24-21-18-15-12-9-6-3)83-77(80)71-68-65-62-59-56-53-50-47-44-40-35-32-29-26-23-20-17-14-11-8-5-2/h18,21-23,25-27,30-32,34-35,44,47,74H,4-17,19-20,24,28-29,33,36-43,45-46,48-73H2,1-3H3/b21-18-,25-22-,26-23-,30-27-,34-31-,35-32-,47-44-. The maximum Gasteiger partial charge on any atom is 0.306 e. The number of allylic oxidation sites excluding steroid dienone is 14. The first-order chi connectivity index (χ1) is 41.0. The van der Waals surface area contributed by atoms with Crippen molar-refractivity contribution in [2.24, 2.45) is 0 Å². The van der Waals surface area contributed by atoms with Gasteiger partial charge >= 0.3 is 17.9 Å². The topological polar surface area (TPSA) is 78.9 Å². The molecule has 0 aromatic carbocycles. The van der Waals surface area contributed by atoms with Gasteiger partial charge in [0.15, 0.2) is 6.10 Å². The van der Waals surface area contributed by atoms with E-state index in [1.54, 1.807) is 0 Å². The molecule has 0 aromatic heterocycles. The van der Waals surface area contributed by atoms with E-state index < -0.39 is 6.10 Å². The van der Waals surface area contributed by atoms with Crippen molar-refractivity contribution < 1.29 is 28.6 Å². The van der Waals surface area contributed by atoms with E-state index in [1.165, 1.54) is 231 Å². The average molecular weight is 1160 g/mol. The molecule has 0 N–H and O–H groups in total. The number of esters is 3. The summed E-state index contributed by atoms with van der Waals surface area (Å²) in [6.07, 6.45) is 94.6. The smallest absolute Gasteiger partial charge is 0.306 e. The maximum atomic E-state index is 13.0. The van der Waals surface area contributed by atoms with Crippen LogP contribution in [0.1, 0.15) is 367 Å². The van der Waals surface area contributed by atoms with Crippen LogP contribution in [0.2, 0.25) is 0 Å². The lowest BCUT2D eigenvalue weighted by Gasteiger charge is -2.18. The van der Waals surface area contributed by atoms with Crippen LogP contribution >= 0.6 is 0 Å². The van der Waals surface area contributed by atoms with Crippen molar-refractivity contribution in [2.75, 3.05) is 13.2 Å². The molecular formula is C77H136O6. The zero-order valence-electron chi connectivity index (χ0n) is 55.2. The fourth-order valence-corrected chi connectivity index (χ4v) is 10.4. The molecule has 0 amide bonds. The number of hydrogen-bond donors (Lipinski definition) is 0. The molecule has 0 saturated carbocycles. The van der Waals surface area contributed by atoms with E-state index in [2.05, 4.69) is 106 Å². The Morgan fingerprint density at radius 2 is 0.434 bits per heavy atom. The molecule has 1 unspecified atom stereocenters. The monoisotopic (exact) mass is 1160 g/mol. The summed E-state index contributed by atoms with van der Waals surface area (Å²) in [5.74, 6) is -0.880. The number of ether oxygens (including phenoxy) is 3. The second-order valence-corrected chi connectivity index (χ2v) is 24.1. The van der Waals surface area contributed by atoms with E-state index in [4.69, 9.17) is 14.2 Å². The Morgan fingerprint density at radius 1 is 0.241 bits per heavy atom. The number of rotatable bonds is 66. The highest BCUT2D eigenvalue weighted by molar-refractivity contribution is 5.71. The summed E-state index contributed by atoms with van der Waals surface area (Å²) in [5.41, 5.74) is 0. The third-order valence-corrected chi connectivity index (χ3v) is 15.8. The highest BCUT2D eigenvalue weighted by Gasteiger charge is 2.19. The average Bonchev–Trinajstić information content (AvgIpc) is 3.49. The Labute approximate surface area is 515 Å². The first kappa shape index (κ1) is 79.6. The molecular weight excluding hydrogens is 1020 g/mol. The van der Waals surface area contributed by atoms with Crippen LogP contribution in [0.25, 0.3) is 0 Å². The highest BCUT2D eigenvalue weighted by atomic mass is 16.6. The first-order valence-electron chi connectivity index (χ1n) is 36.1. The van der Waals surface area contributed by atoms with Crippen LogP contribution in [0, 0.1) is 0 Å². The summed E-state index contributed by atoms with van der Waals surface area (Å²) >= 11 is 0. The largest absolute Gasteiger partial charge is 0.462 e. The first-order valence-corrected chi connectivity index (χ1v) is 36.1. The van der Waals surface area contributed by atoms with Crippen LogP contribution in [0.3, 0.4) is 0 Å². The van der Waals surface area contributed by atoms with Crippen molar-refractivity contribution in [3.8, 4) is 0 Å². The lowest BCUT2D eigenvalue weighted by Crippen LogP contribution is -2.30. The molecule has 0 heterocycles. The minimum absolute atomic E-state index is 0.0818. The zero-order chi connectivity index (χ0) is 59.9. The third kappa shape index (κ3) is 69.3. The van der Waals surface area contributed by atoms with E-state index in [9.17, 15) is 14.4 Å². The van der Waals surface area contributed by atoms with Crippen LogP contribution in [-0.4, -0.2) is 37.2 Å². The fourth-order valence-electron chi connectivity index (χ4n) is 10.4. The Balaban J connectivity index is 4.37. The number of carbonyl (C=O) groups excluding carboxylic acids is 3. The van der Waals surface area contributed by atoms with E-state index >= 15 is 0 Å². The SMILES string of the molecule is CCCCC/C=C\C/C=C\CCCCCCCCCCCC(=O)OCC(COC(=O)CCCCCCCCCCCCCCC/C=C\C/C=C\CCCCCCC)OC(=O)CCCCCCCC/C=C\C/C=C\C/C=C\CCCCCCC. The molecule has 83 heavy (non-hydrogen) atoms. The van der Waals surface area contributed by atoms with Crippen molar-refractivity contribution >= 4 is 17.9 Å². The molecule has 0 bridgehead atoms. The number of carbonyl (C=O) groups is 3. The molecule has 0 fully saturated rings. The molecule has 6 heteroatoms. The summed E-state index contributed by atoms with van der Waals surface area (Å²) in [6.45, 7) is 6.63. The molecule has 0 saturated heterocycles. The van der Waals surface area contributed by atoms with Gasteiger partial charge in [-0.1, -0.05) is 311 Å². The summed E-state index contributed by atoms with van der Waals surface area (Å²) in [6, 6.07) is 0. The fraction of sp³-hybridized carbons (Fsp3) is 0.779. The Morgan fingerprint density at radius 3 is 0.699 bits per heavy atom. The van der Waals surface area contributed by atoms with Crippen LogP contribution in [0.5, 0.6) is 0 Å². The van der Waals surface area contributed by atoms with Gasteiger partial charge in [-0.05, 0) is 122 Å². The third-order valence-electron chi connectivity index (χ3n) is 15.8. The molecule has 0 aliphatic heterocycles. The molecule has 0 radical (unpaired) electrons. The Hall–Kier alpha value is -3.41. The molecule has 0 rings (SSSR count). The number of hydrogen-bond acceptors (Lipinski definition) is 6. The maximum absolute atomic E-state index is 13.0. The van der Waals surface area contributed by atoms with Crippen molar-refractivity contribution in [3.63, 3.8) is 0 Å². The molecule has 0 aliphatic carbocycles. The van der Waals surface area contributed by atoms with Gasteiger partial charge in [0, 0.05) is 19.3 Å². The van der Waals surface area contributed by atoms with Gasteiger partial charge < -0.3 is 14.2 Å². The lowest BCUT2D eigenvalue weighted by atomic mass is 10.0. The Bertz CT molecular complexity index is 1570. The second-order valence-electron chi connectivity index (χ2n) is 24.1. The van der Waals surface area contributed by atoms with Crippen LogP contribution in [0.4, 0.5) is 0 Å². The molecule has 6 nitrogen and oxygen atoms in total. The highest BCUT2D eigenvalue weighted by Crippen LogP contribution is 2.17. The molecule has 0 aliphatic rings. The quantitative estimate of drug-likeness (QED) is 0.0261. The van der Waals surface area contributed by atoms with Gasteiger partial charge in [0.25, 0.3) is 0 Å². The van der Waals surface area contributed by atoms with Gasteiger partial charge in [0.1, 0.15) is 13.2 Å². The van der Waals surface area contributed by atoms with E-state index in [0.717, 1.165) is 96.3 Å². The minimum atomic E-state index is -0.788. The van der Waals surface area contributed by atoms with Crippen LogP contribution < -0.4 is 0 Å². The van der Waals surface area contributed by atoms with Gasteiger partial charge in [-0.15, -0.1) is 0 Å². The predicted octanol–water partition coefficient (Wildman–Crippen LogP) is 25.0. The summed E-state index contributed by atoms with van der Waals surface area (Å²) in [7, 11) is 0. The molecule has 1 atom stereocenters. The van der Waals surface area contributed by atoms with Crippen molar-refractivity contribution in [2.45, 2.75) is 374 Å². The summed E-state index contributed by atoms with van der Waals surface area (Å²) in [5, 5.41) is 0. The van der Waals surface area contributed by atoms with E-state index in [0.29, 0.717) is 19.3 Å². The second kappa shape index (κ2) is 71.1. The zero-order valence-corrected chi connectivity index (χ0v) is 55.2. The van der Waals surface area contributed by atoms with Crippen LogP contribution in [-0.2, 0) is 28.6 Å². The molecule has 480 valence electrons. The van der Waals surface area contributed by atoms with Gasteiger partial charge in [-0.2, -0.15) is 0 Å². The van der Waals surface area contributed by atoms with E-state index in [-0.39, 0.29) is 31.1 Å².